The van der Waals surface area contributed by atoms with Gasteiger partial charge in [0, 0.05) is 11.7 Å². The fourth-order valence-corrected chi connectivity index (χ4v) is 1.74. The molecular formula is C12H18N2. The number of hydrogen-bond acceptors (Lipinski definition) is 2. The first-order valence-corrected chi connectivity index (χ1v) is 5.28. The van der Waals surface area contributed by atoms with E-state index in [9.17, 15) is 0 Å². The second kappa shape index (κ2) is 3.62. The lowest BCUT2D eigenvalue weighted by Gasteiger charge is -2.12. The molecule has 4 N–H and O–H groups in total. The van der Waals surface area contributed by atoms with Crippen molar-refractivity contribution >= 4 is 5.69 Å². The van der Waals surface area contributed by atoms with E-state index in [4.69, 9.17) is 11.5 Å². The maximum absolute atomic E-state index is 6.10. The molecule has 1 aromatic rings. The van der Waals surface area contributed by atoms with Crippen molar-refractivity contribution in [3.05, 3.63) is 29.3 Å². The van der Waals surface area contributed by atoms with Crippen molar-refractivity contribution < 1.29 is 0 Å². The molecule has 1 fully saturated rings. The van der Waals surface area contributed by atoms with E-state index in [1.54, 1.807) is 0 Å². The fourth-order valence-electron chi connectivity index (χ4n) is 1.74. The summed E-state index contributed by atoms with van der Waals surface area (Å²) in [6, 6.07) is 6.34. The van der Waals surface area contributed by atoms with E-state index in [0.717, 1.165) is 23.6 Å². The van der Waals surface area contributed by atoms with Gasteiger partial charge < -0.3 is 11.5 Å². The van der Waals surface area contributed by atoms with Gasteiger partial charge in [-0.05, 0) is 36.5 Å². The zero-order valence-electron chi connectivity index (χ0n) is 8.66. The van der Waals surface area contributed by atoms with E-state index in [2.05, 4.69) is 12.1 Å². The monoisotopic (exact) mass is 190 g/mol. The highest BCUT2D eigenvalue weighted by molar-refractivity contribution is 5.48. The molecule has 0 aromatic heterocycles. The SMILES string of the molecule is Cc1ccc([C@@H](N)CC2CC2)cc1N. The van der Waals surface area contributed by atoms with Crippen LogP contribution in [0.1, 0.15) is 36.4 Å². The Morgan fingerprint density at radius 1 is 1.43 bits per heavy atom. The van der Waals surface area contributed by atoms with Crippen molar-refractivity contribution in [3.63, 3.8) is 0 Å². The molecular weight excluding hydrogens is 172 g/mol. The summed E-state index contributed by atoms with van der Waals surface area (Å²) in [5, 5.41) is 0. The van der Waals surface area contributed by atoms with Gasteiger partial charge in [-0.1, -0.05) is 25.0 Å². The summed E-state index contributed by atoms with van der Waals surface area (Å²) in [7, 11) is 0. The molecule has 76 valence electrons. The van der Waals surface area contributed by atoms with Gasteiger partial charge in [-0.15, -0.1) is 0 Å². The molecule has 1 aliphatic carbocycles. The standard InChI is InChI=1S/C12H18N2/c1-8-2-5-10(7-11(8)13)12(14)6-9-3-4-9/h2,5,7,9,12H,3-4,6,13-14H2,1H3/t12-/m0/s1. The topological polar surface area (TPSA) is 52.0 Å². The van der Waals surface area contributed by atoms with E-state index in [-0.39, 0.29) is 6.04 Å². The van der Waals surface area contributed by atoms with E-state index in [1.165, 1.54) is 18.4 Å². The molecule has 1 atom stereocenters. The van der Waals surface area contributed by atoms with E-state index < -0.39 is 0 Å². The molecule has 0 heterocycles. The first kappa shape index (κ1) is 9.53. The highest BCUT2D eigenvalue weighted by atomic mass is 14.6. The quantitative estimate of drug-likeness (QED) is 0.719. The summed E-state index contributed by atoms with van der Waals surface area (Å²) >= 11 is 0. The van der Waals surface area contributed by atoms with Crippen molar-refractivity contribution in [3.8, 4) is 0 Å². The lowest BCUT2D eigenvalue weighted by atomic mass is 10.00. The first-order chi connectivity index (χ1) is 6.66. The summed E-state index contributed by atoms with van der Waals surface area (Å²) < 4.78 is 0. The minimum absolute atomic E-state index is 0.172. The molecule has 0 amide bonds. The van der Waals surface area contributed by atoms with Crippen molar-refractivity contribution in [2.24, 2.45) is 11.7 Å². The highest BCUT2D eigenvalue weighted by Gasteiger charge is 2.24. The van der Waals surface area contributed by atoms with Gasteiger partial charge in [0.2, 0.25) is 0 Å². The van der Waals surface area contributed by atoms with E-state index in [1.807, 2.05) is 13.0 Å². The third kappa shape index (κ3) is 2.07. The van der Waals surface area contributed by atoms with Crippen LogP contribution in [-0.2, 0) is 0 Å². The molecule has 1 aliphatic rings. The third-order valence-electron chi connectivity index (χ3n) is 3.02. The van der Waals surface area contributed by atoms with Crippen molar-refractivity contribution in [1.29, 1.82) is 0 Å². The highest BCUT2D eigenvalue weighted by Crippen LogP contribution is 2.37. The Labute approximate surface area is 85.3 Å². The van der Waals surface area contributed by atoms with Crippen LogP contribution in [0.2, 0.25) is 0 Å². The minimum Gasteiger partial charge on any atom is -0.399 e. The number of nitrogens with two attached hydrogens (primary N) is 2. The van der Waals surface area contributed by atoms with Crippen LogP contribution in [0, 0.1) is 12.8 Å². The van der Waals surface area contributed by atoms with Crippen molar-refractivity contribution in [1.82, 2.24) is 0 Å². The number of anilines is 1. The molecule has 0 unspecified atom stereocenters. The summed E-state index contributed by atoms with van der Waals surface area (Å²) in [6.07, 6.45) is 3.83. The largest absolute Gasteiger partial charge is 0.399 e. The maximum atomic E-state index is 6.10. The molecule has 14 heavy (non-hydrogen) atoms. The van der Waals surface area contributed by atoms with Crippen LogP contribution in [0.4, 0.5) is 5.69 Å². The average Bonchev–Trinajstić information content (AvgIpc) is 2.93. The van der Waals surface area contributed by atoms with Crippen LogP contribution < -0.4 is 11.5 Å². The van der Waals surface area contributed by atoms with Crippen LogP contribution in [0.25, 0.3) is 0 Å². The zero-order chi connectivity index (χ0) is 10.1. The van der Waals surface area contributed by atoms with Crippen molar-refractivity contribution in [2.45, 2.75) is 32.2 Å². The Morgan fingerprint density at radius 3 is 2.71 bits per heavy atom. The second-order valence-corrected chi connectivity index (χ2v) is 4.40. The number of rotatable bonds is 3. The van der Waals surface area contributed by atoms with Gasteiger partial charge in [0.05, 0.1) is 0 Å². The molecule has 1 saturated carbocycles. The zero-order valence-corrected chi connectivity index (χ0v) is 8.66. The Balaban J connectivity index is 2.10. The first-order valence-electron chi connectivity index (χ1n) is 5.28. The van der Waals surface area contributed by atoms with Gasteiger partial charge in [0.25, 0.3) is 0 Å². The summed E-state index contributed by atoms with van der Waals surface area (Å²) in [4.78, 5) is 0. The molecule has 0 bridgehead atoms. The molecule has 2 rings (SSSR count). The smallest absolute Gasteiger partial charge is 0.0347 e. The van der Waals surface area contributed by atoms with Gasteiger partial charge >= 0.3 is 0 Å². The fraction of sp³-hybridized carbons (Fsp3) is 0.500. The molecule has 2 heteroatoms. The Morgan fingerprint density at radius 2 is 2.14 bits per heavy atom. The summed E-state index contributed by atoms with van der Waals surface area (Å²) in [5.74, 6) is 0.868. The Hall–Kier alpha value is -1.02. The van der Waals surface area contributed by atoms with Crippen LogP contribution in [0.5, 0.6) is 0 Å². The van der Waals surface area contributed by atoms with Crippen LogP contribution in [0.15, 0.2) is 18.2 Å². The van der Waals surface area contributed by atoms with Crippen LogP contribution in [0.3, 0.4) is 0 Å². The lowest BCUT2D eigenvalue weighted by molar-refractivity contribution is 0.597. The average molecular weight is 190 g/mol. The van der Waals surface area contributed by atoms with Crippen molar-refractivity contribution in [2.75, 3.05) is 5.73 Å². The number of nitrogen functional groups attached to an aromatic ring is 1. The second-order valence-electron chi connectivity index (χ2n) is 4.40. The predicted octanol–water partition coefficient (Wildman–Crippen LogP) is 2.38. The number of hydrogen-bond donors (Lipinski definition) is 2. The van der Waals surface area contributed by atoms with Gasteiger partial charge in [0.15, 0.2) is 0 Å². The summed E-state index contributed by atoms with van der Waals surface area (Å²) in [6.45, 7) is 2.02. The Kier molecular flexibility index (Phi) is 2.46. The predicted molar refractivity (Wildman–Crippen MR) is 59.9 cm³/mol. The normalized spacial score (nSPS) is 18.1. The molecule has 0 radical (unpaired) electrons. The summed E-state index contributed by atoms with van der Waals surface area (Å²) in [5.41, 5.74) is 15.1. The molecule has 0 aliphatic heterocycles. The molecule has 2 nitrogen and oxygen atoms in total. The minimum atomic E-state index is 0.172. The number of benzene rings is 1. The van der Waals surface area contributed by atoms with Gasteiger partial charge in [-0.2, -0.15) is 0 Å². The third-order valence-corrected chi connectivity index (χ3v) is 3.02. The van der Waals surface area contributed by atoms with E-state index >= 15 is 0 Å². The Bertz CT molecular complexity index is 329. The molecule has 0 saturated heterocycles. The van der Waals surface area contributed by atoms with Gasteiger partial charge in [0.1, 0.15) is 0 Å². The molecule has 1 aromatic carbocycles. The lowest BCUT2D eigenvalue weighted by Crippen LogP contribution is -2.11. The van der Waals surface area contributed by atoms with Crippen LogP contribution >= 0.6 is 0 Å². The van der Waals surface area contributed by atoms with E-state index in [0.29, 0.717) is 0 Å². The van der Waals surface area contributed by atoms with Gasteiger partial charge in [-0.25, -0.2) is 0 Å². The number of aryl methyl sites for hydroxylation is 1. The maximum Gasteiger partial charge on any atom is 0.0347 e. The van der Waals surface area contributed by atoms with Gasteiger partial charge in [-0.3, -0.25) is 0 Å². The van der Waals surface area contributed by atoms with Crippen LogP contribution in [-0.4, -0.2) is 0 Å². The molecule has 0 spiro atoms.